The molecule has 2 rings (SSSR count). The van der Waals surface area contributed by atoms with Gasteiger partial charge in [-0.3, -0.25) is 9.88 Å². The minimum Gasteiger partial charge on any atom is -0.329 e. The van der Waals surface area contributed by atoms with Crippen molar-refractivity contribution in [2.24, 2.45) is 5.73 Å². The molecule has 0 amide bonds. The number of nitrogens with two attached hydrogens (primary N) is 1. The summed E-state index contributed by atoms with van der Waals surface area (Å²) in [6, 6.07) is 6.26. The van der Waals surface area contributed by atoms with Crippen molar-refractivity contribution in [3.8, 4) is 0 Å². The summed E-state index contributed by atoms with van der Waals surface area (Å²) in [6.07, 6.45) is 7.79. The highest BCUT2D eigenvalue weighted by Gasteiger charge is 2.33. The molecule has 0 saturated heterocycles. The number of aryl methyl sites for hydroxylation is 1. The van der Waals surface area contributed by atoms with Gasteiger partial charge in [0.2, 0.25) is 0 Å². The largest absolute Gasteiger partial charge is 0.329 e. The Morgan fingerprint density at radius 3 is 2.47 bits per heavy atom. The summed E-state index contributed by atoms with van der Waals surface area (Å²) >= 11 is 0. The average molecular weight is 261 g/mol. The Hall–Kier alpha value is -0.930. The summed E-state index contributed by atoms with van der Waals surface area (Å²) in [4.78, 5) is 7.06. The van der Waals surface area contributed by atoms with E-state index in [-0.39, 0.29) is 5.54 Å². The lowest BCUT2D eigenvalue weighted by atomic mass is 9.88. The fourth-order valence-electron chi connectivity index (χ4n) is 3.23. The maximum atomic E-state index is 6.13. The molecule has 19 heavy (non-hydrogen) atoms. The SMILES string of the molecule is Cc1cccc(CN(C)C2(CN)CCCCCC2)n1. The topological polar surface area (TPSA) is 42.1 Å². The van der Waals surface area contributed by atoms with Gasteiger partial charge in [0.25, 0.3) is 0 Å². The summed E-state index contributed by atoms with van der Waals surface area (Å²) < 4.78 is 0. The molecular weight excluding hydrogens is 234 g/mol. The van der Waals surface area contributed by atoms with Crippen LogP contribution in [0, 0.1) is 6.92 Å². The molecule has 3 nitrogen and oxygen atoms in total. The van der Waals surface area contributed by atoms with Gasteiger partial charge in [-0.2, -0.15) is 0 Å². The van der Waals surface area contributed by atoms with Crippen molar-refractivity contribution in [3.05, 3.63) is 29.6 Å². The molecule has 1 fully saturated rings. The van der Waals surface area contributed by atoms with Crippen LogP contribution in [0.4, 0.5) is 0 Å². The van der Waals surface area contributed by atoms with Gasteiger partial charge in [-0.25, -0.2) is 0 Å². The summed E-state index contributed by atoms with van der Waals surface area (Å²) in [5.41, 5.74) is 8.56. The summed E-state index contributed by atoms with van der Waals surface area (Å²) in [7, 11) is 2.21. The van der Waals surface area contributed by atoms with E-state index in [1.165, 1.54) is 38.5 Å². The summed E-state index contributed by atoms with van der Waals surface area (Å²) in [5, 5.41) is 0. The maximum absolute atomic E-state index is 6.13. The quantitative estimate of drug-likeness (QED) is 0.847. The van der Waals surface area contributed by atoms with Gasteiger partial charge in [0.05, 0.1) is 5.69 Å². The molecule has 0 bridgehead atoms. The van der Waals surface area contributed by atoms with Crippen LogP contribution in [0.5, 0.6) is 0 Å². The Labute approximate surface area is 117 Å². The van der Waals surface area contributed by atoms with Crippen molar-refractivity contribution in [1.29, 1.82) is 0 Å². The molecule has 1 aliphatic rings. The van der Waals surface area contributed by atoms with Crippen LogP contribution < -0.4 is 5.73 Å². The van der Waals surface area contributed by atoms with Crippen molar-refractivity contribution < 1.29 is 0 Å². The predicted molar refractivity (Wildman–Crippen MR) is 79.9 cm³/mol. The molecule has 106 valence electrons. The molecule has 1 aliphatic carbocycles. The van der Waals surface area contributed by atoms with E-state index < -0.39 is 0 Å². The summed E-state index contributed by atoms with van der Waals surface area (Å²) in [5.74, 6) is 0. The van der Waals surface area contributed by atoms with Crippen LogP contribution in [0.3, 0.4) is 0 Å². The normalized spacial score (nSPS) is 19.4. The number of hydrogen-bond donors (Lipinski definition) is 1. The van der Waals surface area contributed by atoms with Gasteiger partial charge in [-0.05, 0) is 38.9 Å². The van der Waals surface area contributed by atoms with E-state index in [0.29, 0.717) is 0 Å². The third-order valence-electron chi connectivity index (χ3n) is 4.57. The van der Waals surface area contributed by atoms with E-state index in [4.69, 9.17) is 5.73 Å². The lowest BCUT2D eigenvalue weighted by Crippen LogP contribution is -2.51. The van der Waals surface area contributed by atoms with Gasteiger partial charge in [-0.1, -0.05) is 31.7 Å². The van der Waals surface area contributed by atoms with E-state index in [1.54, 1.807) is 0 Å². The van der Waals surface area contributed by atoms with Crippen LogP contribution in [-0.4, -0.2) is 29.0 Å². The van der Waals surface area contributed by atoms with Crippen LogP contribution in [0.1, 0.15) is 49.9 Å². The highest BCUT2D eigenvalue weighted by Crippen LogP contribution is 2.31. The molecule has 0 aliphatic heterocycles. The molecule has 1 aromatic heterocycles. The van der Waals surface area contributed by atoms with E-state index in [0.717, 1.165) is 24.5 Å². The smallest absolute Gasteiger partial charge is 0.0547 e. The fourth-order valence-corrected chi connectivity index (χ4v) is 3.23. The molecule has 0 unspecified atom stereocenters. The van der Waals surface area contributed by atoms with Gasteiger partial charge < -0.3 is 5.73 Å². The molecule has 2 N–H and O–H groups in total. The molecule has 0 aromatic carbocycles. The molecule has 1 saturated carbocycles. The third kappa shape index (κ3) is 3.54. The third-order valence-corrected chi connectivity index (χ3v) is 4.57. The number of aromatic nitrogens is 1. The van der Waals surface area contributed by atoms with Crippen molar-refractivity contribution in [2.45, 2.75) is 57.5 Å². The first-order chi connectivity index (χ1) is 9.16. The van der Waals surface area contributed by atoms with Crippen LogP contribution in [0.2, 0.25) is 0 Å². The lowest BCUT2D eigenvalue weighted by molar-refractivity contribution is 0.0983. The maximum Gasteiger partial charge on any atom is 0.0547 e. The Kier molecular flexibility index (Phi) is 4.94. The average Bonchev–Trinajstić information content (AvgIpc) is 2.65. The minimum absolute atomic E-state index is 0.182. The molecular formula is C16H27N3. The second kappa shape index (κ2) is 6.49. The van der Waals surface area contributed by atoms with Gasteiger partial charge in [0.15, 0.2) is 0 Å². The Morgan fingerprint density at radius 2 is 1.89 bits per heavy atom. The first-order valence-corrected chi connectivity index (χ1v) is 7.50. The van der Waals surface area contributed by atoms with E-state index in [2.05, 4.69) is 29.1 Å². The number of rotatable bonds is 4. The van der Waals surface area contributed by atoms with Crippen LogP contribution in [-0.2, 0) is 6.54 Å². The zero-order valence-corrected chi connectivity index (χ0v) is 12.4. The molecule has 1 aromatic rings. The van der Waals surface area contributed by atoms with Gasteiger partial charge in [0, 0.05) is 24.3 Å². The van der Waals surface area contributed by atoms with Crippen molar-refractivity contribution in [1.82, 2.24) is 9.88 Å². The Bertz CT molecular complexity index is 395. The molecule has 0 radical (unpaired) electrons. The zero-order valence-electron chi connectivity index (χ0n) is 12.4. The highest BCUT2D eigenvalue weighted by atomic mass is 15.2. The van der Waals surface area contributed by atoms with Crippen molar-refractivity contribution in [3.63, 3.8) is 0 Å². The second-order valence-electron chi connectivity index (χ2n) is 5.97. The highest BCUT2D eigenvalue weighted by molar-refractivity contribution is 5.10. The van der Waals surface area contributed by atoms with Gasteiger partial charge in [-0.15, -0.1) is 0 Å². The first-order valence-electron chi connectivity index (χ1n) is 7.50. The zero-order chi connectivity index (χ0) is 13.7. The van der Waals surface area contributed by atoms with Crippen molar-refractivity contribution >= 4 is 0 Å². The predicted octanol–water partition coefficient (Wildman–Crippen LogP) is 2.87. The number of hydrogen-bond acceptors (Lipinski definition) is 3. The van der Waals surface area contributed by atoms with Crippen LogP contribution >= 0.6 is 0 Å². The van der Waals surface area contributed by atoms with E-state index in [9.17, 15) is 0 Å². The first kappa shape index (κ1) is 14.5. The number of nitrogens with zero attached hydrogens (tertiary/aromatic N) is 2. The number of likely N-dealkylation sites (N-methyl/N-ethyl adjacent to an activating group) is 1. The fraction of sp³-hybridized carbons (Fsp3) is 0.688. The standard InChI is InChI=1S/C16H27N3/c1-14-8-7-9-15(18-14)12-19(2)16(13-17)10-5-3-4-6-11-16/h7-9H,3-6,10-13,17H2,1-2H3. The van der Waals surface area contributed by atoms with Crippen molar-refractivity contribution in [2.75, 3.05) is 13.6 Å². The molecule has 0 atom stereocenters. The van der Waals surface area contributed by atoms with Crippen LogP contribution in [0.25, 0.3) is 0 Å². The number of pyridine rings is 1. The minimum atomic E-state index is 0.182. The molecule has 1 heterocycles. The molecule has 0 spiro atoms. The second-order valence-corrected chi connectivity index (χ2v) is 5.97. The van der Waals surface area contributed by atoms with E-state index >= 15 is 0 Å². The lowest BCUT2D eigenvalue weighted by Gasteiger charge is -2.40. The monoisotopic (exact) mass is 261 g/mol. The summed E-state index contributed by atoms with van der Waals surface area (Å²) in [6.45, 7) is 3.71. The Balaban J connectivity index is 2.09. The van der Waals surface area contributed by atoms with E-state index in [1.807, 2.05) is 13.0 Å². The molecule has 3 heteroatoms. The van der Waals surface area contributed by atoms with Gasteiger partial charge >= 0.3 is 0 Å². The van der Waals surface area contributed by atoms with Crippen LogP contribution in [0.15, 0.2) is 18.2 Å². The Morgan fingerprint density at radius 1 is 1.21 bits per heavy atom. The van der Waals surface area contributed by atoms with Gasteiger partial charge in [0.1, 0.15) is 0 Å².